The van der Waals surface area contributed by atoms with E-state index in [9.17, 15) is 4.79 Å². The second kappa shape index (κ2) is 7.18. The van der Waals surface area contributed by atoms with Crippen LogP contribution in [0.2, 0.25) is 0 Å². The van der Waals surface area contributed by atoms with Gasteiger partial charge in [-0.25, -0.2) is 0 Å². The molecule has 1 aliphatic rings. The van der Waals surface area contributed by atoms with Gasteiger partial charge < -0.3 is 14.8 Å². The fourth-order valence-electron chi connectivity index (χ4n) is 2.80. The van der Waals surface area contributed by atoms with Crippen LogP contribution in [0.4, 0.5) is 0 Å². The quantitative estimate of drug-likeness (QED) is 0.923. The molecule has 3 rings (SSSR count). The Hall–Kier alpha value is -2.49. The number of fused-ring (bicyclic) bond motifs is 1. The number of nitrogens with one attached hydrogen (secondary N) is 1. The minimum Gasteiger partial charge on any atom is -0.497 e. The number of hydrogen-bond donors (Lipinski definition) is 1. The highest BCUT2D eigenvalue weighted by Gasteiger charge is 2.25. The summed E-state index contributed by atoms with van der Waals surface area (Å²) in [7, 11) is 1.65. The molecule has 0 saturated heterocycles. The van der Waals surface area contributed by atoms with Crippen LogP contribution in [-0.2, 0) is 17.6 Å². The first-order chi connectivity index (χ1) is 11.3. The molecule has 0 aliphatic carbocycles. The van der Waals surface area contributed by atoms with Gasteiger partial charge in [0.2, 0.25) is 5.91 Å². The van der Waals surface area contributed by atoms with E-state index < -0.39 is 0 Å². The van der Waals surface area contributed by atoms with E-state index in [1.165, 1.54) is 0 Å². The predicted octanol–water partition coefficient (Wildman–Crippen LogP) is 2.61. The summed E-state index contributed by atoms with van der Waals surface area (Å²) in [4.78, 5) is 12.3. The molecular weight excluding hydrogens is 290 g/mol. The first-order valence-electron chi connectivity index (χ1n) is 7.87. The molecule has 0 radical (unpaired) electrons. The maximum absolute atomic E-state index is 12.3. The first-order valence-corrected chi connectivity index (χ1v) is 7.87. The molecule has 4 heteroatoms. The summed E-state index contributed by atoms with van der Waals surface area (Å²) in [5.41, 5.74) is 2.25. The van der Waals surface area contributed by atoms with Crippen LogP contribution in [0, 0.1) is 5.92 Å². The maximum Gasteiger partial charge on any atom is 0.226 e. The van der Waals surface area contributed by atoms with Crippen LogP contribution in [0.3, 0.4) is 0 Å². The molecule has 23 heavy (non-hydrogen) atoms. The molecule has 1 atom stereocenters. The zero-order valence-electron chi connectivity index (χ0n) is 13.2. The van der Waals surface area contributed by atoms with E-state index in [0.29, 0.717) is 13.2 Å². The minimum atomic E-state index is -0.116. The molecule has 1 amide bonds. The first kappa shape index (κ1) is 15.4. The number of carbonyl (C=O) groups excluding carboxylic acids is 1. The van der Waals surface area contributed by atoms with Gasteiger partial charge in [-0.3, -0.25) is 4.79 Å². The normalized spacial score (nSPS) is 16.1. The average molecular weight is 311 g/mol. The molecule has 0 bridgehead atoms. The van der Waals surface area contributed by atoms with Crippen molar-refractivity contribution in [3.8, 4) is 11.5 Å². The van der Waals surface area contributed by atoms with E-state index in [-0.39, 0.29) is 11.8 Å². The van der Waals surface area contributed by atoms with Crippen molar-refractivity contribution in [3.05, 3.63) is 59.7 Å². The predicted molar refractivity (Wildman–Crippen MR) is 88.8 cm³/mol. The Labute approximate surface area is 136 Å². The van der Waals surface area contributed by atoms with Crippen LogP contribution in [-0.4, -0.2) is 26.2 Å². The van der Waals surface area contributed by atoms with Crippen LogP contribution in [0.1, 0.15) is 11.1 Å². The molecule has 0 aromatic heterocycles. The van der Waals surface area contributed by atoms with E-state index in [0.717, 1.165) is 35.5 Å². The number of benzene rings is 2. The maximum atomic E-state index is 12.3. The van der Waals surface area contributed by atoms with Crippen molar-refractivity contribution in [3.63, 3.8) is 0 Å². The van der Waals surface area contributed by atoms with Gasteiger partial charge in [-0.15, -0.1) is 0 Å². The van der Waals surface area contributed by atoms with Crippen LogP contribution >= 0.6 is 0 Å². The van der Waals surface area contributed by atoms with Crippen molar-refractivity contribution in [1.82, 2.24) is 5.32 Å². The zero-order chi connectivity index (χ0) is 16.1. The molecule has 0 unspecified atom stereocenters. The minimum absolute atomic E-state index is 0.0578. The van der Waals surface area contributed by atoms with Crippen molar-refractivity contribution in [1.29, 1.82) is 0 Å². The lowest BCUT2D eigenvalue weighted by atomic mass is 9.96. The fraction of sp³-hybridized carbons (Fsp3) is 0.316. The Kier molecular flexibility index (Phi) is 4.81. The standard InChI is InChI=1S/C19H21NO3/c1-22-17-7-4-5-14(11-17)9-10-20-19(21)16-12-15-6-2-3-8-18(15)23-13-16/h2-8,11,16H,9-10,12-13H2,1H3,(H,20,21)/t16-/m0/s1. The van der Waals surface area contributed by atoms with Gasteiger partial charge in [0.1, 0.15) is 18.1 Å². The molecule has 120 valence electrons. The molecule has 2 aromatic rings. The third-order valence-corrected chi connectivity index (χ3v) is 4.10. The Bertz CT molecular complexity index is 684. The van der Waals surface area contributed by atoms with Gasteiger partial charge in [0.25, 0.3) is 0 Å². The number of ether oxygens (including phenoxy) is 2. The van der Waals surface area contributed by atoms with Crippen LogP contribution in [0.25, 0.3) is 0 Å². The van der Waals surface area contributed by atoms with Gasteiger partial charge in [0, 0.05) is 6.54 Å². The van der Waals surface area contributed by atoms with Crippen molar-refractivity contribution < 1.29 is 14.3 Å². The lowest BCUT2D eigenvalue weighted by molar-refractivity contribution is -0.126. The van der Waals surface area contributed by atoms with Gasteiger partial charge in [-0.2, -0.15) is 0 Å². The van der Waals surface area contributed by atoms with E-state index in [4.69, 9.17) is 9.47 Å². The molecule has 0 fully saturated rings. The highest BCUT2D eigenvalue weighted by Crippen LogP contribution is 2.26. The average Bonchev–Trinajstić information content (AvgIpc) is 2.61. The van der Waals surface area contributed by atoms with Gasteiger partial charge in [-0.1, -0.05) is 30.3 Å². The monoisotopic (exact) mass is 311 g/mol. The number of methoxy groups -OCH3 is 1. The summed E-state index contributed by atoms with van der Waals surface area (Å²) in [6.07, 6.45) is 1.52. The van der Waals surface area contributed by atoms with Crippen molar-refractivity contribution in [2.75, 3.05) is 20.3 Å². The lowest BCUT2D eigenvalue weighted by Gasteiger charge is -2.24. The highest BCUT2D eigenvalue weighted by molar-refractivity contribution is 5.79. The highest BCUT2D eigenvalue weighted by atomic mass is 16.5. The van der Waals surface area contributed by atoms with E-state index in [1.807, 2.05) is 48.5 Å². The van der Waals surface area contributed by atoms with E-state index >= 15 is 0 Å². The van der Waals surface area contributed by atoms with Crippen molar-refractivity contribution in [2.24, 2.45) is 5.92 Å². The van der Waals surface area contributed by atoms with Crippen LogP contribution < -0.4 is 14.8 Å². The smallest absolute Gasteiger partial charge is 0.226 e. The summed E-state index contributed by atoms with van der Waals surface area (Å²) < 4.78 is 10.9. The number of hydrogen-bond acceptors (Lipinski definition) is 3. The Morgan fingerprint density at radius 1 is 1.26 bits per heavy atom. The number of para-hydroxylation sites is 1. The molecule has 0 spiro atoms. The lowest BCUT2D eigenvalue weighted by Crippen LogP contribution is -2.38. The zero-order valence-corrected chi connectivity index (χ0v) is 13.2. The van der Waals surface area contributed by atoms with Crippen molar-refractivity contribution in [2.45, 2.75) is 12.8 Å². The molecule has 1 aliphatic heterocycles. The largest absolute Gasteiger partial charge is 0.497 e. The van der Waals surface area contributed by atoms with Gasteiger partial charge in [-0.05, 0) is 42.2 Å². The van der Waals surface area contributed by atoms with Gasteiger partial charge in [0.05, 0.1) is 13.0 Å². The van der Waals surface area contributed by atoms with E-state index in [1.54, 1.807) is 7.11 Å². The second-order valence-corrected chi connectivity index (χ2v) is 5.71. The third kappa shape index (κ3) is 3.83. The summed E-state index contributed by atoms with van der Waals surface area (Å²) in [5, 5.41) is 3.01. The van der Waals surface area contributed by atoms with E-state index in [2.05, 4.69) is 5.32 Å². The second-order valence-electron chi connectivity index (χ2n) is 5.71. The summed E-state index contributed by atoms with van der Waals surface area (Å²) >= 11 is 0. The Morgan fingerprint density at radius 2 is 2.13 bits per heavy atom. The molecule has 1 heterocycles. The van der Waals surface area contributed by atoms with Gasteiger partial charge >= 0.3 is 0 Å². The van der Waals surface area contributed by atoms with Crippen LogP contribution in [0.15, 0.2) is 48.5 Å². The third-order valence-electron chi connectivity index (χ3n) is 4.10. The SMILES string of the molecule is COc1cccc(CCNC(=O)[C@@H]2COc3ccccc3C2)c1. The number of carbonyl (C=O) groups is 1. The molecule has 0 saturated carbocycles. The number of rotatable bonds is 5. The molecule has 4 nitrogen and oxygen atoms in total. The Morgan fingerprint density at radius 3 is 3.00 bits per heavy atom. The molecule has 2 aromatic carbocycles. The fourth-order valence-corrected chi connectivity index (χ4v) is 2.80. The Balaban J connectivity index is 1.50. The van der Waals surface area contributed by atoms with Crippen molar-refractivity contribution >= 4 is 5.91 Å². The van der Waals surface area contributed by atoms with Crippen LogP contribution in [0.5, 0.6) is 11.5 Å². The molecular formula is C19H21NO3. The number of amides is 1. The summed E-state index contributed by atoms with van der Waals surface area (Å²) in [6.45, 7) is 1.06. The van der Waals surface area contributed by atoms with Gasteiger partial charge in [0.15, 0.2) is 0 Å². The topological polar surface area (TPSA) is 47.6 Å². The molecule has 1 N–H and O–H groups in total. The summed E-state index contributed by atoms with van der Waals surface area (Å²) in [5.74, 6) is 1.68. The summed E-state index contributed by atoms with van der Waals surface area (Å²) in [6, 6.07) is 15.8.